The number of hydrogen-bond acceptors (Lipinski definition) is 1. The zero-order chi connectivity index (χ0) is 22.5. The number of rotatable bonds is 9. The highest BCUT2D eigenvalue weighted by Crippen LogP contribution is 2.42. The van der Waals surface area contributed by atoms with Crippen molar-refractivity contribution in [2.75, 3.05) is 6.61 Å². The Hall–Kier alpha value is -1.12. The van der Waals surface area contributed by atoms with Crippen LogP contribution in [0.1, 0.15) is 105 Å². The lowest BCUT2D eigenvalue weighted by molar-refractivity contribution is 0.0980. The van der Waals surface area contributed by atoms with Crippen LogP contribution in [0.4, 0.5) is 8.78 Å². The molecular formula is C27H46F2O. The standard InChI is InChI=1S/C24H38F2O.C3H8/c1-5-7-19-8-12-21(13-9-19)22-14-10-20(11-15-22)16-27-18(4)24(26)23(25)17(3)6-2;1-3-2/h19-22H,3-16H2,1-2H3;3H2,1-2H3/b24-23-;. The molecule has 0 heterocycles. The van der Waals surface area contributed by atoms with Crippen LogP contribution < -0.4 is 0 Å². The summed E-state index contributed by atoms with van der Waals surface area (Å²) in [7, 11) is 0. The minimum absolute atomic E-state index is 0.145. The Morgan fingerprint density at radius 1 is 0.767 bits per heavy atom. The molecule has 0 aromatic carbocycles. The fourth-order valence-corrected chi connectivity index (χ4v) is 4.90. The third kappa shape index (κ3) is 8.94. The maximum Gasteiger partial charge on any atom is 0.200 e. The molecule has 0 N–H and O–H groups in total. The minimum atomic E-state index is -1.00. The molecule has 0 atom stereocenters. The number of hydrogen-bond donors (Lipinski definition) is 0. The molecular weight excluding hydrogens is 378 g/mol. The van der Waals surface area contributed by atoms with Gasteiger partial charge in [-0.25, -0.2) is 4.39 Å². The van der Waals surface area contributed by atoms with Gasteiger partial charge in [-0.3, -0.25) is 0 Å². The van der Waals surface area contributed by atoms with Gasteiger partial charge >= 0.3 is 0 Å². The molecule has 0 amide bonds. The molecule has 0 bridgehead atoms. The van der Waals surface area contributed by atoms with E-state index in [2.05, 4.69) is 33.9 Å². The van der Waals surface area contributed by atoms with Gasteiger partial charge in [0, 0.05) is 0 Å². The smallest absolute Gasteiger partial charge is 0.200 e. The van der Waals surface area contributed by atoms with Crippen LogP contribution in [0, 0.1) is 23.7 Å². The first kappa shape index (κ1) is 26.9. The number of halogens is 2. The van der Waals surface area contributed by atoms with Crippen molar-refractivity contribution in [3.8, 4) is 0 Å². The van der Waals surface area contributed by atoms with Crippen LogP contribution in [0.2, 0.25) is 0 Å². The average molecular weight is 425 g/mol. The van der Waals surface area contributed by atoms with Crippen molar-refractivity contribution < 1.29 is 13.5 Å². The Labute approximate surface area is 185 Å². The topological polar surface area (TPSA) is 9.23 Å². The molecule has 0 unspecified atom stereocenters. The maximum absolute atomic E-state index is 14.0. The first-order valence-corrected chi connectivity index (χ1v) is 12.4. The number of ether oxygens (including phenoxy) is 1. The van der Waals surface area contributed by atoms with Gasteiger partial charge in [0.2, 0.25) is 0 Å². The summed E-state index contributed by atoms with van der Waals surface area (Å²) in [5.41, 5.74) is 0.145. The normalized spacial score (nSPS) is 27.4. The van der Waals surface area contributed by atoms with E-state index in [-0.39, 0.29) is 11.3 Å². The van der Waals surface area contributed by atoms with Gasteiger partial charge in [0.15, 0.2) is 17.4 Å². The lowest BCUT2D eigenvalue weighted by Gasteiger charge is -2.37. The van der Waals surface area contributed by atoms with Crippen molar-refractivity contribution in [3.63, 3.8) is 0 Å². The van der Waals surface area contributed by atoms with Gasteiger partial charge in [-0.05, 0) is 74.2 Å². The van der Waals surface area contributed by atoms with Gasteiger partial charge in [0.05, 0.1) is 6.61 Å². The molecule has 0 spiro atoms. The van der Waals surface area contributed by atoms with E-state index in [9.17, 15) is 8.78 Å². The van der Waals surface area contributed by atoms with Crippen molar-refractivity contribution in [1.29, 1.82) is 0 Å². The quantitative estimate of drug-likeness (QED) is 0.264. The Balaban J connectivity index is 0.00000141. The van der Waals surface area contributed by atoms with Crippen LogP contribution in [0.5, 0.6) is 0 Å². The molecule has 174 valence electrons. The Bertz CT molecular complexity index is 535. The number of allylic oxidation sites excluding steroid dienone is 3. The largest absolute Gasteiger partial charge is 0.491 e. The third-order valence-corrected chi connectivity index (χ3v) is 6.81. The van der Waals surface area contributed by atoms with E-state index in [0.717, 1.165) is 30.6 Å². The molecule has 0 aromatic heterocycles. The van der Waals surface area contributed by atoms with Gasteiger partial charge in [0.25, 0.3) is 0 Å². The third-order valence-electron chi connectivity index (χ3n) is 6.81. The maximum atomic E-state index is 14.0. The fourth-order valence-electron chi connectivity index (χ4n) is 4.90. The van der Waals surface area contributed by atoms with Gasteiger partial charge in [-0.15, -0.1) is 0 Å². The predicted octanol–water partition coefficient (Wildman–Crippen LogP) is 9.46. The molecule has 30 heavy (non-hydrogen) atoms. The summed E-state index contributed by atoms with van der Waals surface area (Å²) in [6, 6.07) is 0. The molecule has 0 aliphatic heterocycles. The van der Waals surface area contributed by atoms with Gasteiger partial charge in [0.1, 0.15) is 0 Å². The molecule has 2 aliphatic rings. The van der Waals surface area contributed by atoms with Gasteiger partial charge in [-0.2, -0.15) is 4.39 Å². The van der Waals surface area contributed by atoms with Crippen molar-refractivity contribution in [3.05, 3.63) is 36.1 Å². The van der Waals surface area contributed by atoms with Crippen LogP contribution in [-0.4, -0.2) is 6.61 Å². The van der Waals surface area contributed by atoms with Crippen molar-refractivity contribution >= 4 is 0 Å². The molecule has 0 saturated heterocycles. The fraction of sp³-hybridized carbons (Fsp3) is 0.778. The highest BCUT2D eigenvalue weighted by molar-refractivity contribution is 5.32. The summed E-state index contributed by atoms with van der Waals surface area (Å²) in [6.07, 6.45) is 14.8. The summed E-state index contributed by atoms with van der Waals surface area (Å²) in [6.45, 7) is 15.8. The molecule has 1 nitrogen and oxygen atoms in total. The second-order valence-electron chi connectivity index (χ2n) is 9.38. The van der Waals surface area contributed by atoms with E-state index in [1.54, 1.807) is 6.92 Å². The van der Waals surface area contributed by atoms with E-state index >= 15 is 0 Å². The van der Waals surface area contributed by atoms with Crippen LogP contribution in [-0.2, 0) is 4.74 Å². The summed E-state index contributed by atoms with van der Waals surface area (Å²) < 4.78 is 33.3. The summed E-state index contributed by atoms with van der Waals surface area (Å²) in [5.74, 6) is 1.04. The lowest BCUT2D eigenvalue weighted by atomic mass is 9.69. The first-order chi connectivity index (χ1) is 14.4. The van der Waals surface area contributed by atoms with Crippen LogP contribution in [0.3, 0.4) is 0 Å². The van der Waals surface area contributed by atoms with Gasteiger partial charge < -0.3 is 4.74 Å². The second-order valence-corrected chi connectivity index (χ2v) is 9.38. The Kier molecular flexibility index (Phi) is 13.3. The average Bonchev–Trinajstić information content (AvgIpc) is 2.77. The first-order valence-electron chi connectivity index (χ1n) is 12.4. The van der Waals surface area contributed by atoms with E-state index in [1.165, 1.54) is 57.8 Å². The van der Waals surface area contributed by atoms with E-state index in [0.29, 0.717) is 18.9 Å². The van der Waals surface area contributed by atoms with Crippen molar-refractivity contribution in [2.24, 2.45) is 23.7 Å². The minimum Gasteiger partial charge on any atom is -0.491 e. The van der Waals surface area contributed by atoms with Gasteiger partial charge in [-0.1, -0.05) is 73.0 Å². The zero-order valence-corrected chi connectivity index (χ0v) is 20.1. The monoisotopic (exact) mass is 424 g/mol. The lowest BCUT2D eigenvalue weighted by Crippen LogP contribution is -2.27. The molecule has 2 saturated carbocycles. The van der Waals surface area contributed by atoms with Crippen LogP contribution >= 0.6 is 0 Å². The highest BCUT2D eigenvalue weighted by atomic mass is 19.2. The SMILES string of the molecule is C=C(CC)/C(F)=C(/F)C(=C)OCC1CCC(C2CCC(CCC)CC2)CC1.CCC. The van der Waals surface area contributed by atoms with E-state index in [1.807, 2.05) is 0 Å². The van der Waals surface area contributed by atoms with E-state index in [4.69, 9.17) is 4.74 Å². The van der Waals surface area contributed by atoms with Crippen LogP contribution in [0.15, 0.2) is 36.1 Å². The summed E-state index contributed by atoms with van der Waals surface area (Å²) >= 11 is 0. The highest BCUT2D eigenvalue weighted by Gasteiger charge is 2.31. The predicted molar refractivity (Wildman–Crippen MR) is 126 cm³/mol. The van der Waals surface area contributed by atoms with Crippen LogP contribution in [0.25, 0.3) is 0 Å². The molecule has 2 rings (SSSR count). The summed E-state index contributed by atoms with van der Waals surface area (Å²) in [5, 5.41) is 0. The van der Waals surface area contributed by atoms with Crippen molar-refractivity contribution in [2.45, 2.75) is 105 Å². The molecule has 0 radical (unpaired) electrons. The Morgan fingerprint density at radius 3 is 1.67 bits per heavy atom. The zero-order valence-electron chi connectivity index (χ0n) is 20.1. The van der Waals surface area contributed by atoms with Crippen molar-refractivity contribution in [1.82, 2.24) is 0 Å². The molecule has 0 aromatic rings. The molecule has 2 fully saturated rings. The van der Waals surface area contributed by atoms with E-state index < -0.39 is 11.7 Å². The molecule has 3 heteroatoms. The Morgan fingerprint density at radius 2 is 1.23 bits per heavy atom. The second kappa shape index (κ2) is 14.8. The summed E-state index contributed by atoms with van der Waals surface area (Å²) in [4.78, 5) is 0. The molecule has 2 aliphatic carbocycles.